The van der Waals surface area contributed by atoms with Gasteiger partial charge in [-0.25, -0.2) is 9.20 Å². The van der Waals surface area contributed by atoms with Crippen molar-refractivity contribution in [1.29, 1.82) is 0 Å². The predicted molar refractivity (Wildman–Crippen MR) is 117 cm³/mol. The lowest BCUT2D eigenvalue weighted by atomic mass is 9.86. The molecule has 2 atom stereocenters. The fourth-order valence-corrected chi connectivity index (χ4v) is 4.48. The Morgan fingerprint density at radius 1 is 0.968 bits per heavy atom. The zero-order valence-electron chi connectivity index (χ0n) is 16.9. The summed E-state index contributed by atoms with van der Waals surface area (Å²) in [5.74, 6) is -1.24. The average molecular weight is 414 g/mol. The highest BCUT2D eigenvalue weighted by molar-refractivity contribution is 5.90. The van der Waals surface area contributed by atoms with Crippen molar-refractivity contribution in [2.24, 2.45) is 5.92 Å². The van der Waals surface area contributed by atoms with E-state index in [0.29, 0.717) is 18.5 Å². The summed E-state index contributed by atoms with van der Waals surface area (Å²) >= 11 is 0. The maximum Gasteiger partial charge on any atom is 0.306 e. The minimum atomic E-state index is -0.803. The molecule has 0 bridgehead atoms. The number of carboxylic acid groups (broad SMARTS) is 1. The Hall–Kier alpha value is -3.74. The van der Waals surface area contributed by atoms with Crippen LogP contribution in [0.15, 0.2) is 71.7 Å². The molecular weight excluding hydrogens is 392 g/mol. The summed E-state index contributed by atoms with van der Waals surface area (Å²) in [5, 5.41) is 18.9. The molecule has 5 rings (SSSR count). The Labute approximate surface area is 178 Å². The van der Waals surface area contributed by atoms with Gasteiger partial charge in [0, 0.05) is 17.8 Å². The number of benzene rings is 1. The summed E-state index contributed by atoms with van der Waals surface area (Å²) in [6.07, 6.45) is 4.48. The lowest BCUT2D eigenvalue weighted by Gasteiger charge is -2.27. The molecule has 0 unspecified atom stereocenters. The second-order valence-electron chi connectivity index (χ2n) is 7.98. The van der Waals surface area contributed by atoms with E-state index in [9.17, 15) is 14.7 Å². The molecule has 1 N–H and O–H groups in total. The van der Waals surface area contributed by atoms with Crippen molar-refractivity contribution < 1.29 is 9.90 Å². The maximum absolute atomic E-state index is 12.7. The molecule has 1 aliphatic carbocycles. The number of hydrogen-bond donors (Lipinski definition) is 1. The van der Waals surface area contributed by atoms with Crippen LogP contribution in [0.5, 0.6) is 0 Å². The molecule has 0 spiro atoms. The molecule has 1 aromatic carbocycles. The number of fused-ring (bicyclic) bond motifs is 1. The third-order valence-electron chi connectivity index (χ3n) is 6.01. The summed E-state index contributed by atoms with van der Waals surface area (Å²) in [5.41, 5.74) is 3.94. The van der Waals surface area contributed by atoms with E-state index in [1.807, 2.05) is 59.2 Å². The van der Waals surface area contributed by atoms with Gasteiger partial charge in [-0.2, -0.15) is 10.2 Å². The van der Waals surface area contributed by atoms with Gasteiger partial charge in [0.1, 0.15) is 5.69 Å². The van der Waals surface area contributed by atoms with Gasteiger partial charge in [0.05, 0.1) is 28.7 Å². The van der Waals surface area contributed by atoms with E-state index in [2.05, 4.69) is 0 Å². The Morgan fingerprint density at radius 2 is 1.77 bits per heavy atom. The molecule has 1 fully saturated rings. The number of carboxylic acids is 1. The average Bonchev–Trinajstić information content (AvgIpc) is 3.20. The van der Waals surface area contributed by atoms with E-state index >= 15 is 0 Å². The van der Waals surface area contributed by atoms with E-state index in [1.165, 1.54) is 10.7 Å². The second-order valence-corrected chi connectivity index (χ2v) is 7.98. The quantitative estimate of drug-likeness (QED) is 0.544. The Bertz CT molecular complexity index is 1310. The Kier molecular flexibility index (Phi) is 4.86. The van der Waals surface area contributed by atoms with Crippen LogP contribution in [0.1, 0.15) is 31.7 Å². The standard InChI is InChI=1S/C24H22N4O3/c29-21-13-12-19(25-28(21)18-10-6-9-17(15-18)24(30)31)22-20-11-4-5-14-27(20)26-23(22)16-7-2-1-3-8-16/h1-5,7-8,11-14,17-18H,6,9-10,15H2,(H,30,31)/t17-,18-/m0/s1. The van der Waals surface area contributed by atoms with Gasteiger partial charge in [-0.15, -0.1) is 0 Å². The molecule has 1 aliphatic rings. The molecule has 7 heteroatoms. The predicted octanol–water partition coefficient (Wildman–Crippen LogP) is 4.04. The molecule has 0 amide bonds. The van der Waals surface area contributed by atoms with Crippen LogP contribution < -0.4 is 5.56 Å². The summed E-state index contributed by atoms with van der Waals surface area (Å²) in [6.45, 7) is 0. The second kappa shape index (κ2) is 7.83. The van der Waals surface area contributed by atoms with Gasteiger partial charge in [-0.3, -0.25) is 9.59 Å². The summed E-state index contributed by atoms with van der Waals surface area (Å²) in [4.78, 5) is 24.2. The smallest absolute Gasteiger partial charge is 0.306 e. The third kappa shape index (κ3) is 3.52. The van der Waals surface area contributed by atoms with E-state index in [-0.39, 0.29) is 11.6 Å². The minimum Gasteiger partial charge on any atom is -0.481 e. The third-order valence-corrected chi connectivity index (χ3v) is 6.01. The van der Waals surface area contributed by atoms with Gasteiger partial charge < -0.3 is 5.11 Å². The highest BCUT2D eigenvalue weighted by Crippen LogP contribution is 2.35. The monoisotopic (exact) mass is 414 g/mol. The minimum absolute atomic E-state index is 0.211. The van der Waals surface area contributed by atoms with E-state index in [4.69, 9.17) is 10.2 Å². The van der Waals surface area contributed by atoms with Gasteiger partial charge in [0.25, 0.3) is 5.56 Å². The number of aromatic nitrogens is 4. The van der Waals surface area contributed by atoms with Crippen LogP contribution in [-0.2, 0) is 4.79 Å². The summed E-state index contributed by atoms with van der Waals surface area (Å²) in [7, 11) is 0. The molecule has 31 heavy (non-hydrogen) atoms. The van der Waals surface area contributed by atoms with Crippen LogP contribution >= 0.6 is 0 Å². The number of carbonyl (C=O) groups is 1. The van der Waals surface area contributed by atoms with E-state index in [1.54, 1.807) is 6.07 Å². The molecule has 4 aromatic rings. The van der Waals surface area contributed by atoms with Crippen molar-refractivity contribution in [3.05, 3.63) is 77.2 Å². The highest BCUT2D eigenvalue weighted by Gasteiger charge is 2.29. The first-order valence-corrected chi connectivity index (χ1v) is 10.5. The number of hydrogen-bond acceptors (Lipinski definition) is 4. The molecule has 3 aromatic heterocycles. The highest BCUT2D eigenvalue weighted by atomic mass is 16.4. The molecule has 3 heterocycles. The van der Waals surface area contributed by atoms with Crippen molar-refractivity contribution >= 4 is 11.5 Å². The first-order valence-electron chi connectivity index (χ1n) is 10.5. The zero-order chi connectivity index (χ0) is 21.4. The molecule has 0 saturated heterocycles. The van der Waals surface area contributed by atoms with Crippen LogP contribution in [-0.4, -0.2) is 30.5 Å². The van der Waals surface area contributed by atoms with Crippen molar-refractivity contribution in [3.8, 4) is 22.5 Å². The SMILES string of the molecule is O=C(O)[C@H]1CCC[C@H](n2nc(-c3c(-c4ccccc4)nn4ccccc34)ccc2=O)C1. The van der Waals surface area contributed by atoms with Crippen LogP contribution in [0, 0.1) is 5.92 Å². The fourth-order valence-electron chi connectivity index (χ4n) is 4.48. The first kappa shape index (κ1) is 19.2. The van der Waals surface area contributed by atoms with Crippen molar-refractivity contribution in [3.63, 3.8) is 0 Å². The molecular formula is C24H22N4O3. The molecule has 0 radical (unpaired) electrons. The van der Waals surface area contributed by atoms with E-state index in [0.717, 1.165) is 35.2 Å². The van der Waals surface area contributed by atoms with Crippen molar-refractivity contribution in [2.75, 3.05) is 0 Å². The zero-order valence-corrected chi connectivity index (χ0v) is 16.9. The fraction of sp³-hybridized carbons (Fsp3) is 0.250. The van der Waals surface area contributed by atoms with Gasteiger partial charge in [-0.1, -0.05) is 42.8 Å². The maximum atomic E-state index is 12.7. The van der Waals surface area contributed by atoms with Gasteiger partial charge in [0.15, 0.2) is 0 Å². The summed E-state index contributed by atoms with van der Waals surface area (Å²) < 4.78 is 3.29. The summed E-state index contributed by atoms with van der Waals surface area (Å²) in [6, 6.07) is 18.8. The largest absolute Gasteiger partial charge is 0.481 e. The van der Waals surface area contributed by atoms with Crippen molar-refractivity contribution in [1.82, 2.24) is 19.4 Å². The van der Waals surface area contributed by atoms with Crippen LogP contribution in [0.3, 0.4) is 0 Å². The first-order chi connectivity index (χ1) is 15.1. The lowest BCUT2D eigenvalue weighted by Crippen LogP contribution is -2.32. The van der Waals surface area contributed by atoms with Gasteiger partial charge >= 0.3 is 5.97 Å². The van der Waals surface area contributed by atoms with E-state index < -0.39 is 11.9 Å². The molecule has 0 aliphatic heterocycles. The normalized spacial score (nSPS) is 18.8. The molecule has 1 saturated carbocycles. The van der Waals surface area contributed by atoms with Gasteiger partial charge in [-0.05, 0) is 37.5 Å². The van der Waals surface area contributed by atoms with Crippen molar-refractivity contribution in [2.45, 2.75) is 31.7 Å². The molecule has 7 nitrogen and oxygen atoms in total. The number of rotatable bonds is 4. The van der Waals surface area contributed by atoms with Crippen LogP contribution in [0.2, 0.25) is 0 Å². The Balaban J connectivity index is 1.66. The van der Waals surface area contributed by atoms with Crippen LogP contribution in [0.4, 0.5) is 0 Å². The number of nitrogens with zero attached hydrogens (tertiary/aromatic N) is 4. The number of aliphatic carboxylic acids is 1. The van der Waals surface area contributed by atoms with Gasteiger partial charge in [0.2, 0.25) is 0 Å². The molecule has 156 valence electrons. The topological polar surface area (TPSA) is 89.5 Å². The lowest BCUT2D eigenvalue weighted by molar-refractivity contribution is -0.143. The Morgan fingerprint density at radius 3 is 2.58 bits per heavy atom. The van der Waals surface area contributed by atoms with Crippen LogP contribution in [0.25, 0.3) is 28.0 Å². The number of pyridine rings is 1.